The maximum atomic E-state index is 13.0. The summed E-state index contributed by atoms with van der Waals surface area (Å²) >= 11 is 0. The van der Waals surface area contributed by atoms with Crippen LogP contribution in [0.2, 0.25) is 0 Å². The van der Waals surface area contributed by atoms with E-state index < -0.39 is 6.09 Å². The maximum absolute atomic E-state index is 13.0. The predicted molar refractivity (Wildman–Crippen MR) is 142 cm³/mol. The summed E-state index contributed by atoms with van der Waals surface area (Å²) in [5, 5.41) is 5.52. The molecule has 1 fully saturated rings. The summed E-state index contributed by atoms with van der Waals surface area (Å²) in [6.07, 6.45) is 3.03. The van der Waals surface area contributed by atoms with Gasteiger partial charge in [-0.25, -0.2) is 4.79 Å². The van der Waals surface area contributed by atoms with Crippen molar-refractivity contribution in [3.05, 3.63) is 108 Å². The van der Waals surface area contributed by atoms with Crippen molar-refractivity contribution in [3.63, 3.8) is 0 Å². The average molecular weight is 476 g/mol. The van der Waals surface area contributed by atoms with E-state index in [9.17, 15) is 9.59 Å². The van der Waals surface area contributed by atoms with Gasteiger partial charge < -0.3 is 14.8 Å². The summed E-state index contributed by atoms with van der Waals surface area (Å²) in [5.41, 5.74) is 6.02. The number of amides is 1. The van der Waals surface area contributed by atoms with Crippen LogP contribution in [0.25, 0.3) is 21.9 Å². The number of hydrogen-bond donors (Lipinski definition) is 1. The molecule has 3 atom stereocenters. The minimum atomic E-state index is -0.398. The van der Waals surface area contributed by atoms with Crippen molar-refractivity contribution in [2.45, 2.75) is 31.2 Å². The van der Waals surface area contributed by atoms with Crippen LogP contribution in [0, 0.1) is 11.8 Å². The van der Waals surface area contributed by atoms with Crippen molar-refractivity contribution < 1.29 is 14.3 Å². The maximum Gasteiger partial charge on any atom is 0.407 e. The molecule has 1 amide bonds. The summed E-state index contributed by atoms with van der Waals surface area (Å²) in [4.78, 5) is 24.3. The standard InChI is InChI=1S/C32H29NO3/c34-19-24-16-23(24)18-25(17-22-10-7-9-21-8-1-2-11-26(21)22)33-32(35)36-20-31-29-14-5-3-12-27(29)28-13-4-6-15-30(28)31/h1-15,19,23-25,31H,16-18,20H2,(H,33,35)/t23-,24+,25+/m0/s1. The number of fused-ring (bicyclic) bond motifs is 4. The minimum absolute atomic E-state index is 0.0301. The first kappa shape index (κ1) is 22.5. The van der Waals surface area contributed by atoms with Gasteiger partial charge in [0.15, 0.2) is 0 Å². The second-order valence-electron chi connectivity index (χ2n) is 10.0. The van der Waals surface area contributed by atoms with Gasteiger partial charge in [-0.3, -0.25) is 0 Å². The third-order valence-electron chi connectivity index (χ3n) is 7.75. The number of ether oxygens (including phenoxy) is 1. The van der Waals surface area contributed by atoms with Gasteiger partial charge in [0.25, 0.3) is 0 Å². The normalized spacial score (nSPS) is 18.8. The Morgan fingerprint density at radius 2 is 1.56 bits per heavy atom. The van der Waals surface area contributed by atoms with Crippen LogP contribution in [0.1, 0.15) is 35.4 Å². The molecule has 0 heterocycles. The van der Waals surface area contributed by atoms with E-state index >= 15 is 0 Å². The highest BCUT2D eigenvalue weighted by atomic mass is 16.5. The van der Waals surface area contributed by atoms with Gasteiger partial charge in [-0.15, -0.1) is 0 Å². The number of nitrogens with one attached hydrogen (secondary N) is 1. The molecule has 2 aliphatic carbocycles. The van der Waals surface area contributed by atoms with E-state index in [0.29, 0.717) is 18.9 Å². The number of benzene rings is 4. The molecular formula is C32H29NO3. The molecule has 0 aliphatic heterocycles. The molecular weight excluding hydrogens is 446 g/mol. The lowest BCUT2D eigenvalue weighted by molar-refractivity contribution is -0.109. The molecule has 4 aromatic carbocycles. The zero-order chi connectivity index (χ0) is 24.5. The number of carbonyl (C=O) groups excluding carboxylic acids is 2. The lowest BCUT2D eigenvalue weighted by Gasteiger charge is -2.21. The van der Waals surface area contributed by atoms with Gasteiger partial charge in [0.1, 0.15) is 12.9 Å². The third kappa shape index (κ3) is 4.39. The molecule has 0 aromatic heterocycles. The van der Waals surface area contributed by atoms with Crippen LogP contribution >= 0.6 is 0 Å². The highest BCUT2D eigenvalue weighted by Gasteiger charge is 2.38. The van der Waals surface area contributed by atoms with E-state index in [2.05, 4.69) is 59.9 Å². The first-order chi connectivity index (χ1) is 17.7. The molecule has 1 saturated carbocycles. The van der Waals surface area contributed by atoms with Crippen molar-refractivity contribution in [1.29, 1.82) is 0 Å². The second kappa shape index (κ2) is 9.62. The van der Waals surface area contributed by atoms with Gasteiger partial charge in [-0.2, -0.15) is 0 Å². The SMILES string of the molecule is O=C[C@H]1C[C@H]1C[C@@H](Cc1cccc2ccccc12)NC(=O)OCC1c2ccccc2-c2ccccc21. The summed E-state index contributed by atoms with van der Waals surface area (Å²) in [6, 6.07) is 31.2. The van der Waals surface area contributed by atoms with E-state index in [1.54, 1.807) is 0 Å². The fourth-order valence-electron chi connectivity index (χ4n) is 5.81. The lowest BCUT2D eigenvalue weighted by atomic mass is 9.96. The van der Waals surface area contributed by atoms with E-state index in [1.165, 1.54) is 38.6 Å². The van der Waals surface area contributed by atoms with Crippen molar-refractivity contribution in [2.75, 3.05) is 6.61 Å². The Morgan fingerprint density at radius 3 is 2.28 bits per heavy atom. The number of aldehydes is 1. The fraction of sp³-hybridized carbons (Fsp3) is 0.250. The van der Waals surface area contributed by atoms with E-state index in [-0.39, 0.29) is 17.9 Å². The van der Waals surface area contributed by atoms with Crippen molar-refractivity contribution in [2.24, 2.45) is 11.8 Å². The van der Waals surface area contributed by atoms with Crippen LogP contribution in [-0.2, 0) is 16.0 Å². The van der Waals surface area contributed by atoms with Crippen molar-refractivity contribution in [1.82, 2.24) is 5.32 Å². The second-order valence-corrected chi connectivity index (χ2v) is 10.0. The summed E-state index contributed by atoms with van der Waals surface area (Å²) in [5.74, 6) is 0.475. The Kier molecular flexibility index (Phi) is 6.02. The highest BCUT2D eigenvalue weighted by molar-refractivity contribution is 5.85. The summed E-state index contributed by atoms with van der Waals surface area (Å²) in [6.45, 7) is 0.293. The molecule has 6 rings (SSSR count). The largest absolute Gasteiger partial charge is 0.449 e. The summed E-state index contributed by atoms with van der Waals surface area (Å²) in [7, 11) is 0. The third-order valence-corrected chi connectivity index (χ3v) is 7.75. The smallest absolute Gasteiger partial charge is 0.407 e. The molecule has 0 bridgehead atoms. The molecule has 2 aliphatic rings. The zero-order valence-electron chi connectivity index (χ0n) is 20.1. The first-order valence-electron chi connectivity index (χ1n) is 12.7. The Bertz CT molecular complexity index is 1380. The number of hydrogen-bond acceptors (Lipinski definition) is 3. The molecule has 36 heavy (non-hydrogen) atoms. The lowest BCUT2D eigenvalue weighted by Crippen LogP contribution is -2.38. The van der Waals surface area contributed by atoms with Crippen LogP contribution < -0.4 is 5.32 Å². The van der Waals surface area contributed by atoms with Crippen LogP contribution in [0.5, 0.6) is 0 Å². The van der Waals surface area contributed by atoms with Gasteiger partial charge in [0.05, 0.1) is 0 Å². The molecule has 1 N–H and O–H groups in total. The molecule has 180 valence electrons. The molecule has 0 radical (unpaired) electrons. The van der Waals surface area contributed by atoms with Crippen molar-refractivity contribution in [3.8, 4) is 11.1 Å². The molecule has 0 spiro atoms. The molecule has 0 unspecified atom stereocenters. The molecule has 4 heteroatoms. The topological polar surface area (TPSA) is 55.4 Å². The first-order valence-corrected chi connectivity index (χ1v) is 12.7. The number of alkyl carbamates (subject to hydrolysis) is 1. The minimum Gasteiger partial charge on any atom is -0.449 e. The predicted octanol–water partition coefficient (Wildman–Crippen LogP) is 6.51. The highest BCUT2D eigenvalue weighted by Crippen LogP contribution is 2.44. The van der Waals surface area contributed by atoms with Crippen LogP contribution in [0.15, 0.2) is 91.0 Å². The fourth-order valence-corrected chi connectivity index (χ4v) is 5.81. The molecule has 4 nitrogen and oxygen atoms in total. The van der Waals surface area contributed by atoms with Gasteiger partial charge in [0, 0.05) is 17.9 Å². The van der Waals surface area contributed by atoms with E-state index in [0.717, 1.165) is 19.1 Å². The van der Waals surface area contributed by atoms with Crippen molar-refractivity contribution >= 4 is 23.2 Å². The Labute approximate surface area is 211 Å². The van der Waals surface area contributed by atoms with Crippen LogP contribution in [-0.4, -0.2) is 25.0 Å². The Hall–Kier alpha value is -3.92. The van der Waals surface area contributed by atoms with Gasteiger partial charge >= 0.3 is 6.09 Å². The Balaban J connectivity index is 1.17. The van der Waals surface area contributed by atoms with Crippen LogP contribution in [0.4, 0.5) is 4.79 Å². The molecule has 4 aromatic rings. The number of rotatable bonds is 8. The van der Waals surface area contributed by atoms with E-state index in [4.69, 9.17) is 4.74 Å². The number of carbonyl (C=O) groups is 2. The van der Waals surface area contributed by atoms with Gasteiger partial charge in [0.2, 0.25) is 0 Å². The van der Waals surface area contributed by atoms with E-state index in [1.807, 2.05) is 36.4 Å². The quantitative estimate of drug-likeness (QED) is 0.295. The molecule has 0 saturated heterocycles. The summed E-state index contributed by atoms with van der Waals surface area (Å²) < 4.78 is 5.83. The monoisotopic (exact) mass is 475 g/mol. The van der Waals surface area contributed by atoms with Gasteiger partial charge in [-0.05, 0) is 63.8 Å². The average Bonchev–Trinajstić information content (AvgIpc) is 3.59. The van der Waals surface area contributed by atoms with Gasteiger partial charge in [-0.1, -0.05) is 91.0 Å². The zero-order valence-corrected chi connectivity index (χ0v) is 20.1. The van der Waals surface area contributed by atoms with Crippen LogP contribution in [0.3, 0.4) is 0 Å². The Morgan fingerprint density at radius 1 is 0.889 bits per heavy atom.